The van der Waals surface area contributed by atoms with Gasteiger partial charge in [-0.15, -0.1) is 0 Å². The van der Waals surface area contributed by atoms with Crippen molar-refractivity contribution >= 4 is 17.5 Å². The Balaban J connectivity index is 1.68. The van der Waals surface area contributed by atoms with E-state index in [1.54, 1.807) is 0 Å². The Morgan fingerprint density at radius 2 is 1.79 bits per heavy atom. The smallest absolute Gasteiger partial charge is 0.242 e. The molecule has 2 aromatic carbocycles. The summed E-state index contributed by atoms with van der Waals surface area (Å²) in [6.45, 7) is 7.78. The fourth-order valence-corrected chi connectivity index (χ4v) is 4.85. The third kappa shape index (κ3) is 4.20. The van der Waals surface area contributed by atoms with Gasteiger partial charge in [0.2, 0.25) is 5.91 Å². The summed E-state index contributed by atoms with van der Waals surface area (Å²) in [6.07, 6.45) is 1.02. The maximum atomic E-state index is 13.4. The van der Waals surface area contributed by atoms with Gasteiger partial charge < -0.3 is 5.32 Å². The van der Waals surface area contributed by atoms with Crippen LogP contribution in [0.25, 0.3) is 0 Å². The number of carbonyl (C=O) groups excluding carboxylic acids is 1. The largest absolute Gasteiger partial charge is 0.350 e. The number of nitrogens with zero attached hydrogens (tertiary/aromatic N) is 2. The number of likely N-dealkylation sites (N-methyl/N-ethyl adjacent to an activating group) is 1. The predicted molar refractivity (Wildman–Crippen MR) is 118 cm³/mol. The number of hydrogen-bond donors (Lipinski definition) is 1. The first-order valence-electron chi connectivity index (χ1n) is 10.3. The first kappa shape index (κ1) is 20.4. The minimum Gasteiger partial charge on any atom is -0.350 e. The van der Waals surface area contributed by atoms with E-state index >= 15 is 0 Å². The molecule has 4 nitrogen and oxygen atoms in total. The first-order chi connectivity index (χ1) is 13.7. The van der Waals surface area contributed by atoms with Crippen LogP contribution in [0.4, 0.5) is 0 Å². The molecule has 2 heterocycles. The molecule has 3 atom stereocenters. The van der Waals surface area contributed by atoms with E-state index in [0.717, 1.165) is 25.1 Å². The summed E-state index contributed by atoms with van der Waals surface area (Å²) in [7, 11) is 2.22. The normalized spacial score (nSPS) is 23.3. The van der Waals surface area contributed by atoms with E-state index in [4.69, 9.17) is 11.6 Å². The Morgan fingerprint density at radius 1 is 1.10 bits per heavy atom. The molecule has 2 aliphatic rings. The van der Waals surface area contributed by atoms with Crippen molar-refractivity contribution in [1.29, 1.82) is 0 Å². The molecule has 0 saturated carbocycles. The molecule has 2 aromatic rings. The molecular weight excluding hydrogens is 382 g/mol. The van der Waals surface area contributed by atoms with Gasteiger partial charge in [-0.3, -0.25) is 14.6 Å². The van der Waals surface area contributed by atoms with Crippen molar-refractivity contribution in [3.8, 4) is 0 Å². The number of rotatable bonds is 3. The second kappa shape index (κ2) is 7.75. The van der Waals surface area contributed by atoms with Gasteiger partial charge in [-0.05, 0) is 63.1 Å². The molecule has 2 aliphatic heterocycles. The third-order valence-electron chi connectivity index (χ3n) is 6.09. The lowest BCUT2D eigenvalue weighted by molar-refractivity contribution is -0.130. The lowest BCUT2D eigenvalue weighted by atomic mass is 9.84. The highest BCUT2D eigenvalue weighted by Crippen LogP contribution is 2.39. The van der Waals surface area contributed by atoms with Crippen molar-refractivity contribution in [3.05, 3.63) is 70.2 Å². The van der Waals surface area contributed by atoms with E-state index in [1.807, 2.05) is 45.0 Å². The number of fused-ring (bicyclic) bond motifs is 4. The van der Waals surface area contributed by atoms with Crippen LogP contribution in [0.1, 0.15) is 49.5 Å². The van der Waals surface area contributed by atoms with Crippen LogP contribution in [-0.2, 0) is 11.2 Å². The van der Waals surface area contributed by atoms with Crippen LogP contribution in [0.2, 0.25) is 5.02 Å². The summed E-state index contributed by atoms with van der Waals surface area (Å²) in [6, 6.07) is 16.8. The standard InChI is InChI=1S/C24H30ClN3O/c1-24(2,3)26-23(29)22(16-9-11-18(25)12-10-16)28-14-19-13-17-7-5-6-8-20(17)21(15-28)27(19)4/h5-12,19,21-22H,13-15H2,1-4H3,(H,26,29)/t19-,21-,22?/m1/s1. The van der Waals surface area contributed by atoms with E-state index in [-0.39, 0.29) is 17.5 Å². The minimum absolute atomic E-state index is 0.0516. The lowest BCUT2D eigenvalue weighted by Gasteiger charge is -2.51. The van der Waals surface area contributed by atoms with E-state index in [1.165, 1.54) is 11.1 Å². The lowest BCUT2D eigenvalue weighted by Crippen LogP contribution is -2.59. The predicted octanol–water partition coefficient (Wildman–Crippen LogP) is 4.21. The Hall–Kier alpha value is -1.88. The Labute approximate surface area is 178 Å². The molecule has 1 N–H and O–H groups in total. The highest BCUT2D eigenvalue weighted by atomic mass is 35.5. The molecule has 0 radical (unpaired) electrons. The van der Waals surface area contributed by atoms with Gasteiger partial charge in [-0.25, -0.2) is 0 Å². The van der Waals surface area contributed by atoms with Crippen molar-refractivity contribution < 1.29 is 4.79 Å². The summed E-state index contributed by atoms with van der Waals surface area (Å²) in [4.78, 5) is 18.2. The van der Waals surface area contributed by atoms with Crippen molar-refractivity contribution in [3.63, 3.8) is 0 Å². The molecule has 1 saturated heterocycles. The highest BCUT2D eigenvalue weighted by molar-refractivity contribution is 6.30. The van der Waals surface area contributed by atoms with Crippen LogP contribution in [0, 0.1) is 0 Å². The Morgan fingerprint density at radius 3 is 2.48 bits per heavy atom. The molecule has 1 unspecified atom stereocenters. The zero-order chi connectivity index (χ0) is 20.8. The number of amides is 1. The monoisotopic (exact) mass is 411 g/mol. The summed E-state index contributed by atoms with van der Waals surface area (Å²) in [5.74, 6) is 0.0516. The van der Waals surface area contributed by atoms with Crippen LogP contribution >= 0.6 is 11.6 Å². The van der Waals surface area contributed by atoms with E-state index < -0.39 is 0 Å². The molecule has 2 bridgehead atoms. The number of carbonyl (C=O) groups is 1. The fourth-order valence-electron chi connectivity index (χ4n) is 4.73. The first-order valence-corrected chi connectivity index (χ1v) is 10.7. The zero-order valence-electron chi connectivity index (χ0n) is 17.7. The highest BCUT2D eigenvalue weighted by Gasteiger charge is 2.42. The van der Waals surface area contributed by atoms with E-state index in [0.29, 0.717) is 17.1 Å². The molecule has 29 heavy (non-hydrogen) atoms. The number of benzene rings is 2. The third-order valence-corrected chi connectivity index (χ3v) is 6.34. The number of piperazine rings is 1. The van der Waals surface area contributed by atoms with Crippen molar-refractivity contribution in [2.75, 3.05) is 20.1 Å². The Kier molecular flexibility index (Phi) is 5.45. The molecule has 154 valence electrons. The van der Waals surface area contributed by atoms with Gasteiger partial charge in [0.1, 0.15) is 6.04 Å². The second-order valence-corrected chi connectivity index (χ2v) is 9.82. The fraction of sp³-hybridized carbons (Fsp3) is 0.458. The molecule has 0 spiro atoms. The summed E-state index contributed by atoms with van der Waals surface area (Å²) >= 11 is 6.12. The van der Waals surface area contributed by atoms with Gasteiger partial charge in [0.15, 0.2) is 0 Å². The quantitative estimate of drug-likeness (QED) is 0.821. The second-order valence-electron chi connectivity index (χ2n) is 9.39. The molecule has 1 amide bonds. The average Bonchev–Trinajstić information content (AvgIpc) is 2.63. The molecule has 0 aromatic heterocycles. The molecule has 1 fully saturated rings. The van der Waals surface area contributed by atoms with E-state index in [9.17, 15) is 4.79 Å². The van der Waals surface area contributed by atoms with Crippen LogP contribution in [0.15, 0.2) is 48.5 Å². The van der Waals surface area contributed by atoms with Gasteiger partial charge in [-0.2, -0.15) is 0 Å². The summed E-state index contributed by atoms with van der Waals surface area (Å²) in [5.41, 5.74) is 3.55. The van der Waals surface area contributed by atoms with Crippen LogP contribution in [-0.4, -0.2) is 47.4 Å². The van der Waals surface area contributed by atoms with Gasteiger partial charge in [0.25, 0.3) is 0 Å². The molecule has 4 rings (SSSR count). The van der Waals surface area contributed by atoms with Crippen LogP contribution in [0.3, 0.4) is 0 Å². The maximum Gasteiger partial charge on any atom is 0.242 e. The van der Waals surface area contributed by atoms with Crippen LogP contribution in [0.5, 0.6) is 0 Å². The summed E-state index contributed by atoms with van der Waals surface area (Å²) in [5, 5.41) is 3.89. The van der Waals surface area contributed by atoms with Crippen molar-refractivity contribution in [2.24, 2.45) is 0 Å². The van der Waals surface area contributed by atoms with E-state index in [2.05, 4.69) is 46.4 Å². The minimum atomic E-state index is -0.324. The summed E-state index contributed by atoms with van der Waals surface area (Å²) < 4.78 is 0. The van der Waals surface area contributed by atoms with Gasteiger partial charge in [0, 0.05) is 35.7 Å². The van der Waals surface area contributed by atoms with Gasteiger partial charge >= 0.3 is 0 Å². The molecular formula is C24H30ClN3O. The number of hydrogen-bond acceptors (Lipinski definition) is 3. The molecule has 5 heteroatoms. The zero-order valence-corrected chi connectivity index (χ0v) is 18.4. The topological polar surface area (TPSA) is 35.6 Å². The molecule has 0 aliphatic carbocycles. The number of nitrogens with one attached hydrogen (secondary N) is 1. The van der Waals surface area contributed by atoms with Gasteiger partial charge in [0.05, 0.1) is 0 Å². The van der Waals surface area contributed by atoms with Gasteiger partial charge in [-0.1, -0.05) is 48.0 Å². The maximum absolute atomic E-state index is 13.4. The SMILES string of the molecule is CN1[C@@H]2Cc3ccccc3[C@H]1CN(C(C(=O)NC(C)(C)C)c1ccc(Cl)cc1)C2. The van der Waals surface area contributed by atoms with Crippen LogP contribution < -0.4 is 5.32 Å². The van der Waals surface area contributed by atoms with Crippen molar-refractivity contribution in [1.82, 2.24) is 15.1 Å². The Bertz CT molecular complexity index is 890. The van der Waals surface area contributed by atoms with Crippen molar-refractivity contribution in [2.45, 2.75) is 50.9 Å². The average molecular weight is 412 g/mol. The number of halogens is 1.